The molecule has 4 aliphatic rings. The van der Waals surface area contributed by atoms with Crippen LogP contribution < -0.4 is 0 Å². The van der Waals surface area contributed by atoms with Crippen molar-refractivity contribution in [2.24, 2.45) is 46.3 Å². The van der Waals surface area contributed by atoms with Crippen LogP contribution >= 0.6 is 0 Å². The van der Waals surface area contributed by atoms with Crippen molar-refractivity contribution in [1.29, 1.82) is 0 Å². The molecule has 220 valence electrons. The van der Waals surface area contributed by atoms with Gasteiger partial charge in [0.15, 0.2) is 0 Å². The zero-order chi connectivity index (χ0) is 28.8. The third-order valence-corrected chi connectivity index (χ3v) is 11.9. The predicted octanol–water partition coefficient (Wildman–Crippen LogP) is 7.92. The van der Waals surface area contributed by atoms with Crippen LogP contribution in [-0.2, 0) is 4.74 Å². The molecule has 4 aliphatic carbocycles. The highest BCUT2D eigenvalue weighted by atomic mass is 16.5. The van der Waals surface area contributed by atoms with E-state index in [1.54, 1.807) is 12.1 Å². The Morgan fingerprint density at radius 1 is 0.975 bits per heavy atom. The summed E-state index contributed by atoms with van der Waals surface area (Å²) in [4.78, 5) is 24.6. The highest BCUT2D eigenvalue weighted by Gasteiger charge is 2.61. The molecule has 0 aromatic heterocycles. The second-order valence-corrected chi connectivity index (χ2v) is 14.5. The van der Waals surface area contributed by atoms with Gasteiger partial charge < -0.3 is 14.9 Å². The molecule has 40 heavy (non-hydrogen) atoms. The van der Waals surface area contributed by atoms with Crippen LogP contribution in [0.3, 0.4) is 0 Å². The molecule has 0 saturated heterocycles. The predicted molar refractivity (Wildman–Crippen MR) is 157 cm³/mol. The molecule has 1 aromatic rings. The maximum Gasteiger partial charge on any atom is 0.339 e. The molecule has 5 heteroatoms. The van der Waals surface area contributed by atoms with Gasteiger partial charge in [0.05, 0.1) is 17.2 Å². The summed E-state index contributed by atoms with van der Waals surface area (Å²) in [6.07, 6.45) is 12.6. The van der Waals surface area contributed by atoms with E-state index in [1.165, 1.54) is 56.2 Å². The van der Waals surface area contributed by atoms with Crippen LogP contribution in [-0.4, -0.2) is 34.4 Å². The first kappa shape index (κ1) is 29.4. The van der Waals surface area contributed by atoms with Gasteiger partial charge in [0, 0.05) is 6.42 Å². The molecule has 9 atom stereocenters. The lowest BCUT2D eigenvalue weighted by molar-refractivity contribution is -0.0978. The number of ether oxygens (including phenoxy) is 1. The molecule has 0 bridgehead atoms. The number of rotatable bonds is 8. The summed E-state index contributed by atoms with van der Waals surface area (Å²) in [7, 11) is 0. The zero-order valence-electron chi connectivity index (χ0n) is 25.2. The smallest absolute Gasteiger partial charge is 0.339 e. The summed E-state index contributed by atoms with van der Waals surface area (Å²) >= 11 is 0. The largest absolute Gasteiger partial charge is 0.478 e. The molecular weight excluding hydrogens is 500 g/mol. The maximum absolute atomic E-state index is 13.0. The average Bonchev–Trinajstić information content (AvgIpc) is 3.26. The van der Waals surface area contributed by atoms with Crippen LogP contribution in [0, 0.1) is 46.3 Å². The summed E-state index contributed by atoms with van der Waals surface area (Å²) in [5.74, 6) is 1.89. The van der Waals surface area contributed by atoms with E-state index in [-0.39, 0.29) is 22.6 Å². The van der Waals surface area contributed by atoms with E-state index in [4.69, 9.17) is 4.74 Å². The summed E-state index contributed by atoms with van der Waals surface area (Å²) in [5, 5.41) is 21.1. The van der Waals surface area contributed by atoms with Crippen LogP contribution in [0.5, 0.6) is 0 Å². The Balaban J connectivity index is 1.30. The molecule has 5 nitrogen and oxygen atoms in total. The Hall–Kier alpha value is -2.14. The fourth-order valence-electron chi connectivity index (χ4n) is 9.80. The van der Waals surface area contributed by atoms with Gasteiger partial charge in [-0.25, -0.2) is 9.59 Å². The van der Waals surface area contributed by atoms with Crippen LogP contribution in [0.2, 0.25) is 0 Å². The molecular formula is C35H50O5. The van der Waals surface area contributed by atoms with Gasteiger partial charge in [-0.1, -0.05) is 77.7 Å². The lowest BCUT2D eigenvalue weighted by Gasteiger charge is -2.59. The molecule has 0 spiro atoms. The molecule has 3 saturated carbocycles. The number of aliphatic hydroxyl groups is 1. The Bertz CT molecular complexity index is 1140. The summed E-state index contributed by atoms with van der Waals surface area (Å²) < 4.78 is 5.88. The van der Waals surface area contributed by atoms with Crippen molar-refractivity contribution in [3.63, 3.8) is 0 Å². The van der Waals surface area contributed by atoms with Gasteiger partial charge in [-0.05, 0) is 97.0 Å². The number of esters is 1. The number of benzene rings is 1. The van der Waals surface area contributed by atoms with Crippen molar-refractivity contribution in [2.75, 3.05) is 0 Å². The van der Waals surface area contributed by atoms with Crippen LogP contribution in [0.1, 0.15) is 120 Å². The lowest BCUT2D eigenvalue weighted by atomic mass is 9.46. The number of carboxylic acids is 1. The molecule has 5 rings (SSSR count). The topological polar surface area (TPSA) is 83.8 Å². The van der Waals surface area contributed by atoms with Gasteiger partial charge >= 0.3 is 11.9 Å². The van der Waals surface area contributed by atoms with Gasteiger partial charge in [0.25, 0.3) is 0 Å². The Morgan fingerprint density at radius 3 is 2.40 bits per heavy atom. The van der Waals surface area contributed by atoms with Gasteiger partial charge in [0.1, 0.15) is 6.10 Å². The third-order valence-electron chi connectivity index (χ3n) is 11.9. The van der Waals surface area contributed by atoms with Crippen molar-refractivity contribution in [3.8, 4) is 0 Å². The van der Waals surface area contributed by atoms with Gasteiger partial charge in [0.2, 0.25) is 0 Å². The molecule has 2 N–H and O–H groups in total. The number of hydrogen-bond acceptors (Lipinski definition) is 4. The first-order valence-electron chi connectivity index (χ1n) is 15.9. The fraction of sp³-hybridized carbons (Fsp3) is 0.714. The summed E-state index contributed by atoms with van der Waals surface area (Å²) in [6.45, 7) is 12.1. The van der Waals surface area contributed by atoms with Crippen LogP contribution in [0.15, 0.2) is 35.9 Å². The van der Waals surface area contributed by atoms with E-state index in [0.717, 1.165) is 37.0 Å². The molecule has 1 aromatic carbocycles. The lowest BCUT2D eigenvalue weighted by Crippen LogP contribution is -2.55. The number of carbonyl (C=O) groups excluding carboxylic acids is 1. The molecule has 0 aliphatic heterocycles. The average molecular weight is 551 g/mol. The molecule has 3 fully saturated rings. The van der Waals surface area contributed by atoms with Crippen molar-refractivity contribution in [1.82, 2.24) is 0 Å². The normalized spacial score (nSPS) is 37.6. The van der Waals surface area contributed by atoms with E-state index in [1.807, 2.05) is 0 Å². The van der Waals surface area contributed by atoms with Gasteiger partial charge in [-0.3, -0.25) is 0 Å². The highest BCUT2D eigenvalue weighted by Crippen LogP contribution is 2.67. The minimum Gasteiger partial charge on any atom is -0.478 e. The number of aliphatic hydroxyl groups excluding tert-OH is 1. The number of hydrogen-bond donors (Lipinski definition) is 2. The second kappa shape index (κ2) is 11.3. The highest BCUT2D eigenvalue weighted by molar-refractivity contribution is 6.02. The quantitative estimate of drug-likeness (QED) is 0.254. The standard InChI is InChI=1S/C35H50O5/c1-21(2)9-8-10-22(3)27-13-14-28-31-29(16-18-35(27,28)5)34(4)17-15-24(19-23(34)20-30(31)36)40-33(39)26-12-7-6-11-25(26)32(37)38/h6-7,11-12,20-22,24,27-31,36H,8-10,13-19H2,1-5H3,(H,37,38)/t22-,24+,27-,28+,29+,30?,31+,34+,35-/m1/s1. The number of carboxylic acid groups (broad SMARTS) is 1. The van der Waals surface area contributed by atoms with E-state index >= 15 is 0 Å². The molecule has 0 heterocycles. The Morgan fingerprint density at radius 2 is 1.70 bits per heavy atom. The monoisotopic (exact) mass is 550 g/mol. The van der Waals surface area contributed by atoms with Gasteiger partial charge in [-0.2, -0.15) is 0 Å². The van der Waals surface area contributed by atoms with E-state index in [2.05, 4.69) is 40.7 Å². The first-order valence-corrected chi connectivity index (χ1v) is 15.9. The van der Waals surface area contributed by atoms with Gasteiger partial charge in [-0.15, -0.1) is 0 Å². The zero-order valence-corrected chi connectivity index (χ0v) is 25.2. The number of aromatic carboxylic acids is 1. The maximum atomic E-state index is 13.0. The first-order chi connectivity index (χ1) is 19.0. The Kier molecular flexibility index (Phi) is 8.27. The minimum atomic E-state index is -1.13. The van der Waals surface area contributed by atoms with E-state index in [0.29, 0.717) is 29.6 Å². The SMILES string of the molecule is CC(C)CCC[C@@H](C)[C@H]1CC[C@H]2[C@@H]3C(O)C=C4C[C@@H](OC(=O)c5ccccc5C(=O)O)CC[C@]4(C)[C@H]3CC[C@]12C. The fourth-order valence-corrected chi connectivity index (χ4v) is 9.80. The molecule has 1 unspecified atom stereocenters. The second-order valence-electron chi connectivity index (χ2n) is 14.5. The van der Waals surface area contributed by atoms with Crippen LogP contribution in [0.4, 0.5) is 0 Å². The van der Waals surface area contributed by atoms with E-state index < -0.39 is 18.0 Å². The minimum absolute atomic E-state index is 0.0219. The van der Waals surface area contributed by atoms with E-state index in [9.17, 15) is 19.8 Å². The van der Waals surface area contributed by atoms with Crippen molar-refractivity contribution in [2.45, 2.75) is 111 Å². The number of carbonyl (C=O) groups is 2. The molecule has 0 radical (unpaired) electrons. The van der Waals surface area contributed by atoms with Crippen molar-refractivity contribution < 1.29 is 24.5 Å². The molecule has 0 amide bonds. The number of fused-ring (bicyclic) bond motifs is 5. The third kappa shape index (κ3) is 5.16. The van der Waals surface area contributed by atoms with Crippen molar-refractivity contribution in [3.05, 3.63) is 47.0 Å². The van der Waals surface area contributed by atoms with Crippen molar-refractivity contribution >= 4 is 11.9 Å². The van der Waals surface area contributed by atoms with Crippen LogP contribution in [0.25, 0.3) is 0 Å². The summed E-state index contributed by atoms with van der Waals surface area (Å²) in [6, 6.07) is 6.24. The Labute approximate surface area is 240 Å². The summed E-state index contributed by atoms with van der Waals surface area (Å²) in [5.41, 5.74) is 1.64.